The molecular formula is C79H159NO8P+. The molecule has 2 unspecified atom stereocenters. The van der Waals surface area contributed by atoms with Gasteiger partial charge in [0.25, 0.3) is 0 Å². The van der Waals surface area contributed by atoms with Gasteiger partial charge in [0.15, 0.2) is 6.10 Å². The van der Waals surface area contributed by atoms with Crippen molar-refractivity contribution in [3.05, 3.63) is 0 Å². The van der Waals surface area contributed by atoms with Crippen LogP contribution < -0.4 is 0 Å². The standard InChI is InChI=1S/C79H158NO8P/c1-6-8-10-12-14-16-18-20-22-24-26-28-30-32-34-35-36-37-38-39-40-41-42-43-44-45-46-48-50-52-54-56-58-60-62-64-66-68-70-72-79(82)88-77(76-87-89(83,84)86-74-73-80(3,4)5)75-85-78(81)71-69-67-65-63-61-59-57-55-53-51-49-47-33-31-29-27-25-23-21-19-17-15-13-11-9-7-2/h77H,6-76H2,1-5H3/p+1. The number of likely N-dealkylation sites (N-methyl/N-ethyl adjacent to an activating group) is 1. The van der Waals surface area contributed by atoms with Crippen LogP contribution in [0.25, 0.3) is 0 Å². The summed E-state index contributed by atoms with van der Waals surface area (Å²) in [6.07, 6.45) is 88.4. The van der Waals surface area contributed by atoms with E-state index in [4.69, 9.17) is 18.5 Å². The average molecular weight is 1280 g/mol. The van der Waals surface area contributed by atoms with Crippen molar-refractivity contribution in [1.29, 1.82) is 0 Å². The van der Waals surface area contributed by atoms with Crippen LogP contribution in [0, 0.1) is 0 Å². The molecule has 1 N–H and O–H groups in total. The van der Waals surface area contributed by atoms with E-state index < -0.39 is 26.5 Å². The van der Waals surface area contributed by atoms with Crippen molar-refractivity contribution in [2.24, 2.45) is 0 Å². The topological polar surface area (TPSA) is 108 Å². The molecule has 0 amide bonds. The van der Waals surface area contributed by atoms with Gasteiger partial charge in [0.05, 0.1) is 27.7 Å². The van der Waals surface area contributed by atoms with E-state index in [-0.39, 0.29) is 25.6 Å². The fraction of sp³-hybridized carbons (Fsp3) is 0.975. The third-order valence-electron chi connectivity index (χ3n) is 18.9. The van der Waals surface area contributed by atoms with Crippen molar-refractivity contribution in [3.8, 4) is 0 Å². The predicted octanol–water partition coefficient (Wildman–Crippen LogP) is 26.5. The molecule has 0 fully saturated rings. The third-order valence-corrected chi connectivity index (χ3v) is 19.9. The summed E-state index contributed by atoms with van der Waals surface area (Å²) in [6, 6.07) is 0. The van der Waals surface area contributed by atoms with Crippen molar-refractivity contribution in [3.63, 3.8) is 0 Å². The zero-order valence-electron chi connectivity index (χ0n) is 61.0. The highest BCUT2D eigenvalue weighted by molar-refractivity contribution is 7.47. The van der Waals surface area contributed by atoms with Gasteiger partial charge in [-0.3, -0.25) is 18.6 Å². The minimum absolute atomic E-state index is 0.0378. The van der Waals surface area contributed by atoms with E-state index in [1.807, 2.05) is 21.1 Å². The third kappa shape index (κ3) is 75.9. The molecule has 0 aromatic carbocycles. The maximum absolute atomic E-state index is 12.9. The molecule has 0 aliphatic carbocycles. The molecule has 0 spiro atoms. The molecule has 0 aromatic rings. The summed E-state index contributed by atoms with van der Waals surface area (Å²) >= 11 is 0. The Morgan fingerprint density at radius 2 is 0.506 bits per heavy atom. The molecule has 0 heterocycles. The maximum atomic E-state index is 12.9. The van der Waals surface area contributed by atoms with Crippen LogP contribution in [0.5, 0.6) is 0 Å². The summed E-state index contributed by atoms with van der Waals surface area (Å²) in [6.45, 7) is 4.54. The zero-order valence-corrected chi connectivity index (χ0v) is 61.9. The van der Waals surface area contributed by atoms with Gasteiger partial charge in [-0.15, -0.1) is 0 Å². The lowest BCUT2D eigenvalue weighted by Crippen LogP contribution is -2.37. The molecule has 89 heavy (non-hydrogen) atoms. The number of unbranched alkanes of at least 4 members (excludes halogenated alkanes) is 63. The van der Waals surface area contributed by atoms with Gasteiger partial charge in [0.2, 0.25) is 0 Å². The molecule has 9 nitrogen and oxygen atoms in total. The van der Waals surface area contributed by atoms with Crippen molar-refractivity contribution in [1.82, 2.24) is 0 Å². The van der Waals surface area contributed by atoms with Gasteiger partial charge in [-0.2, -0.15) is 0 Å². The Morgan fingerprint density at radius 3 is 0.719 bits per heavy atom. The van der Waals surface area contributed by atoms with Crippen LogP contribution >= 0.6 is 7.82 Å². The lowest BCUT2D eigenvalue weighted by molar-refractivity contribution is -0.870. The lowest BCUT2D eigenvalue weighted by atomic mass is 10.0. The molecule has 0 aromatic heterocycles. The first-order valence-corrected chi connectivity index (χ1v) is 41.8. The van der Waals surface area contributed by atoms with Crippen LogP contribution in [0.4, 0.5) is 0 Å². The van der Waals surface area contributed by atoms with Crippen LogP contribution in [0.1, 0.15) is 444 Å². The van der Waals surface area contributed by atoms with Crippen LogP contribution in [0.2, 0.25) is 0 Å². The highest BCUT2D eigenvalue weighted by atomic mass is 31.2. The number of hydrogen-bond donors (Lipinski definition) is 1. The maximum Gasteiger partial charge on any atom is 0.472 e. The fourth-order valence-electron chi connectivity index (χ4n) is 12.7. The SMILES string of the molecule is CCCCCCCCCCCCCCCCCCCCCCCCCCCCCCCCCCCCCCCCCC(=O)OC(COC(=O)CCCCCCCCCCCCCCCCCCCCCCCCCCCC)COP(=O)(O)OCC[N+](C)(C)C. The molecule has 10 heteroatoms. The summed E-state index contributed by atoms with van der Waals surface area (Å²) < 4.78 is 34.8. The van der Waals surface area contributed by atoms with Crippen LogP contribution in [0.15, 0.2) is 0 Å². The summed E-state index contributed by atoms with van der Waals surface area (Å²) in [7, 11) is 1.51. The monoisotopic (exact) mass is 1280 g/mol. The Bertz CT molecular complexity index is 1460. The fourth-order valence-corrected chi connectivity index (χ4v) is 13.5. The average Bonchev–Trinajstić information content (AvgIpc) is 3.60. The van der Waals surface area contributed by atoms with E-state index in [0.717, 1.165) is 38.5 Å². The molecule has 0 radical (unpaired) electrons. The number of phosphoric acid groups is 1. The molecule has 0 saturated heterocycles. The molecule has 0 aliphatic rings. The molecule has 0 rings (SSSR count). The minimum atomic E-state index is -4.39. The number of nitrogens with zero attached hydrogens (tertiary/aromatic N) is 1. The Labute approximate surface area is 556 Å². The first kappa shape index (κ1) is 88.0. The van der Waals surface area contributed by atoms with E-state index in [2.05, 4.69) is 13.8 Å². The van der Waals surface area contributed by atoms with Crippen LogP contribution in [-0.4, -0.2) is 74.9 Å². The first-order valence-electron chi connectivity index (χ1n) is 40.3. The molecule has 2 atom stereocenters. The number of hydrogen-bond acceptors (Lipinski definition) is 7. The Hall–Kier alpha value is -0.990. The van der Waals surface area contributed by atoms with E-state index in [9.17, 15) is 19.0 Å². The Kier molecular flexibility index (Phi) is 70.5. The number of esters is 2. The Morgan fingerprint density at radius 1 is 0.303 bits per heavy atom. The number of ether oxygens (including phenoxy) is 2. The smallest absolute Gasteiger partial charge is 0.462 e. The van der Waals surface area contributed by atoms with Gasteiger partial charge in [0.1, 0.15) is 19.8 Å². The number of carbonyl (C=O) groups excluding carboxylic acids is 2. The number of phosphoric ester groups is 1. The second-order valence-electron chi connectivity index (χ2n) is 29.2. The van der Waals surface area contributed by atoms with E-state index in [1.165, 1.54) is 379 Å². The van der Waals surface area contributed by atoms with E-state index in [0.29, 0.717) is 17.4 Å². The Balaban J connectivity index is 3.85. The second-order valence-corrected chi connectivity index (χ2v) is 30.6. The highest BCUT2D eigenvalue weighted by Crippen LogP contribution is 2.43. The summed E-state index contributed by atoms with van der Waals surface area (Å²) in [5, 5.41) is 0. The minimum Gasteiger partial charge on any atom is -0.462 e. The number of quaternary nitrogens is 1. The van der Waals surface area contributed by atoms with Crippen LogP contribution in [-0.2, 0) is 32.7 Å². The van der Waals surface area contributed by atoms with Crippen molar-refractivity contribution in [2.75, 3.05) is 47.5 Å². The normalized spacial score (nSPS) is 12.9. The predicted molar refractivity (Wildman–Crippen MR) is 386 cm³/mol. The highest BCUT2D eigenvalue weighted by Gasteiger charge is 2.27. The first-order chi connectivity index (χ1) is 43.5. The molecular weight excluding hydrogens is 1120 g/mol. The summed E-state index contributed by atoms with van der Waals surface area (Å²) in [5.74, 6) is -0.765. The quantitative estimate of drug-likeness (QED) is 0.0278. The zero-order chi connectivity index (χ0) is 64.8. The van der Waals surface area contributed by atoms with Gasteiger partial charge in [-0.05, 0) is 12.8 Å². The number of rotatable bonds is 77. The summed E-state index contributed by atoms with van der Waals surface area (Å²) in [5.41, 5.74) is 0. The van der Waals surface area contributed by atoms with Gasteiger partial charge < -0.3 is 18.9 Å². The van der Waals surface area contributed by atoms with Crippen molar-refractivity contribution >= 4 is 19.8 Å². The number of carbonyl (C=O) groups is 2. The van der Waals surface area contributed by atoms with Gasteiger partial charge in [-0.1, -0.05) is 418 Å². The molecule has 0 saturated carbocycles. The lowest BCUT2D eigenvalue weighted by Gasteiger charge is -2.24. The largest absolute Gasteiger partial charge is 0.472 e. The van der Waals surface area contributed by atoms with Crippen LogP contribution in [0.3, 0.4) is 0 Å². The molecule has 0 bridgehead atoms. The van der Waals surface area contributed by atoms with Crippen molar-refractivity contribution in [2.45, 2.75) is 450 Å². The molecule has 532 valence electrons. The van der Waals surface area contributed by atoms with Crippen molar-refractivity contribution < 1.29 is 42.1 Å². The van der Waals surface area contributed by atoms with Gasteiger partial charge in [-0.25, -0.2) is 4.57 Å². The molecule has 0 aliphatic heterocycles. The summed E-state index contributed by atoms with van der Waals surface area (Å²) in [4.78, 5) is 36.0. The van der Waals surface area contributed by atoms with Gasteiger partial charge in [0, 0.05) is 12.8 Å². The van der Waals surface area contributed by atoms with Gasteiger partial charge >= 0.3 is 19.8 Å². The second kappa shape index (κ2) is 71.3. The van der Waals surface area contributed by atoms with E-state index in [1.54, 1.807) is 0 Å². The van der Waals surface area contributed by atoms with E-state index >= 15 is 0 Å².